The van der Waals surface area contributed by atoms with E-state index in [2.05, 4.69) is 10.4 Å². The van der Waals surface area contributed by atoms with Crippen LogP contribution in [-0.2, 0) is 11.3 Å². The summed E-state index contributed by atoms with van der Waals surface area (Å²) in [4.78, 5) is 12.2. The molecule has 3 aromatic rings. The van der Waals surface area contributed by atoms with E-state index in [0.29, 0.717) is 11.4 Å². The summed E-state index contributed by atoms with van der Waals surface area (Å²) in [6, 6.07) is 19.2. The first-order valence-electron chi connectivity index (χ1n) is 7.80. The van der Waals surface area contributed by atoms with E-state index < -0.39 is 0 Å². The largest absolute Gasteiger partial charge is 0.484 e. The van der Waals surface area contributed by atoms with Gasteiger partial charge in [0.2, 0.25) is 5.91 Å². The number of nitrogens with one attached hydrogen (secondary N) is 1. The molecule has 0 bridgehead atoms. The fourth-order valence-electron chi connectivity index (χ4n) is 2.39. The number of carbonyl (C=O) groups is 1. The summed E-state index contributed by atoms with van der Waals surface area (Å²) in [7, 11) is 0. The quantitative estimate of drug-likeness (QED) is 0.754. The number of ether oxygens (including phenoxy) is 1. The molecular formula is C19H19N3O2. The molecule has 2 aromatic carbocycles. The van der Waals surface area contributed by atoms with Gasteiger partial charge in [0, 0.05) is 12.4 Å². The van der Waals surface area contributed by atoms with Crippen LogP contribution >= 0.6 is 0 Å². The minimum Gasteiger partial charge on any atom is -0.484 e. The molecule has 0 fully saturated rings. The number of hydrogen-bond donors (Lipinski definition) is 1. The number of nitrogens with zero attached hydrogens (tertiary/aromatic N) is 2. The zero-order valence-electron chi connectivity index (χ0n) is 13.4. The van der Waals surface area contributed by atoms with Crippen LogP contribution in [0.15, 0.2) is 73.1 Å². The zero-order chi connectivity index (χ0) is 16.8. The molecule has 1 atom stereocenters. The summed E-state index contributed by atoms with van der Waals surface area (Å²) < 4.78 is 7.61. The van der Waals surface area contributed by atoms with Gasteiger partial charge in [-0.05, 0) is 30.7 Å². The maximum absolute atomic E-state index is 12.2. The lowest BCUT2D eigenvalue weighted by molar-refractivity contribution is -0.116. The second-order valence-corrected chi connectivity index (χ2v) is 5.42. The monoisotopic (exact) mass is 321 g/mol. The van der Waals surface area contributed by atoms with Gasteiger partial charge in [0.05, 0.1) is 5.69 Å². The van der Waals surface area contributed by atoms with Crippen molar-refractivity contribution in [3.63, 3.8) is 0 Å². The van der Waals surface area contributed by atoms with Crippen molar-refractivity contribution in [3.8, 4) is 5.75 Å². The van der Waals surface area contributed by atoms with E-state index in [0.717, 1.165) is 5.56 Å². The van der Waals surface area contributed by atoms with Gasteiger partial charge in [-0.15, -0.1) is 0 Å². The highest BCUT2D eigenvalue weighted by Crippen LogP contribution is 2.29. The summed E-state index contributed by atoms with van der Waals surface area (Å²) >= 11 is 0. The van der Waals surface area contributed by atoms with Crippen LogP contribution in [0.2, 0.25) is 0 Å². The number of aromatic nitrogens is 2. The molecule has 1 amide bonds. The molecule has 0 unspecified atom stereocenters. The lowest BCUT2D eigenvalue weighted by Crippen LogP contribution is -2.19. The number of hydrogen-bond acceptors (Lipinski definition) is 3. The molecule has 3 rings (SSSR count). The molecule has 0 aliphatic carbocycles. The molecule has 0 aliphatic heterocycles. The Balaban J connectivity index is 1.69. The lowest BCUT2D eigenvalue weighted by Gasteiger charge is -2.18. The van der Waals surface area contributed by atoms with E-state index in [4.69, 9.17) is 4.74 Å². The number of rotatable bonds is 6. The van der Waals surface area contributed by atoms with Crippen LogP contribution in [0.5, 0.6) is 5.75 Å². The molecule has 0 saturated heterocycles. The van der Waals surface area contributed by atoms with Crippen molar-refractivity contribution < 1.29 is 9.53 Å². The highest BCUT2D eigenvalue weighted by molar-refractivity contribution is 5.92. The Kier molecular flexibility index (Phi) is 4.91. The molecule has 1 N–H and O–H groups in total. The molecule has 1 heterocycles. The van der Waals surface area contributed by atoms with Gasteiger partial charge in [-0.1, -0.05) is 42.5 Å². The highest BCUT2D eigenvalue weighted by Gasteiger charge is 2.12. The van der Waals surface area contributed by atoms with Crippen LogP contribution in [0, 0.1) is 0 Å². The second-order valence-electron chi connectivity index (χ2n) is 5.42. The third kappa shape index (κ3) is 4.01. The van der Waals surface area contributed by atoms with Gasteiger partial charge in [-0.25, -0.2) is 0 Å². The van der Waals surface area contributed by atoms with Crippen LogP contribution in [0.1, 0.15) is 18.6 Å². The van der Waals surface area contributed by atoms with E-state index in [1.54, 1.807) is 23.1 Å². The fraction of sp³-hybridized carbons (Fsp3) is 0.158. The van der Waals surface area contributed by atoms with Gasteiger partial charge >= 0.3 is 0 Å². The maximum atomic E-state index is 12.2. The molecule has 1 aromatic heterocycles. The molecular weight excluding hydrogens is 302 g/mol. The Morgan fingerprint density at radius 1 is 1.12 bits per heavy atom. The van der Waals surface area contributed by atoms with Crippen LogP contribution < -0.4 is 10.1 Å². The van der Waals surface area contributed by atoms with Crippen molar-refractivity contribution in [3.05, 3.63) is 78.6 Å². The summed E-state index contributed by atoms with van der Waals surface area (Å²) in [6.07, 6.45) is 3.28. The van der Waals surface area contributed by atoms with E-state index >= 15 is 0 Å². The minimum absolute atomic E-state index is 0.115. The van der Waals surface area contributed by atoms with Crippen LogP contribution in [0.4, 0.5) is 5.69 Å². The van der Waals surface area contributed by atoms with Gasteiger partial charge in [0.15, 0.2) is 0 Å². The van der Waals surface area contributed by atoms with E-state index in [1.165, 1.54) is 0 Å². The Bertz CT molecular complexity index is 785. The molecule has 0 saturated carbocycles. The van der Waals surface area contributed by atoms with E-state index in [-0.39, 0.29) is 18.6 Å². The molecule has 0 radical (unpaired) electrons. The molecule has 5 nitrogen and oxygen atoms in total. The first-order valence-corrected chi connectivity index (χ1v) is 7.80. The minimum atomic E-state index is -0.151. The van der Waals surface area contributed by atoms with Gasteiger partial charge in [0.1, 0.15) is 18.4 Å². The number of benzene rings is 2. The van der Waals surface area contributed by atoms with Crippen LogP contribution in [0.3, 0.4) is 0 Å². The Labute approximate surface area is 140 Å². The van der Waals surface area contributed by atoms with E-state index in [1.807, 2.05) is 61.5 Å². The second kappa shape index (κ2) is 7.46. The maximum Gasteiger partial charge on any atom is 0.246 e. The standard InChI is InChI=1S/C19H19N3O2/c1-15(16-8-3-2-4-9-16)24-18-11-6-5-10-17(18)21-19(23)14-22-13-7-12-20-22/h2-13,15H,14H2,1H3,(H,21,23)/t15-/m1/s1. The topological polar surface area (TPSA) is 56.1 Å². The van der Waals surface area contributed by atoms with Crippen molar-refractivity contribution >= 4 is 11.6 Å². The Morgan fingerprint density at radius 2 is 1.88 bits per heavy atom. The third-order valence-electron chi connectivity index (χ3n) is 3.60. The first kappa shape index (κ1) is 15.8. The average molecular weight is 321 g/mol. The number of para-hydroxylation sites is 2. The summed E-state index contributed by atoms with van der Waals surface area (Å²) in [5, 5.41) is 6.91. The van der Waals surface area contributed by atoms with Crippen LogP contribution in [-0.4, -0.2) is 15.7 Å². The smallest absolute Gasteiger partial charge is 0.246 e. The first-order chi connectivity index (χ1) is 11.7. The SMILES string of the molecule is C[C@@H](Oc1ccccc1NC(=O)Cn1cccn1)c1ccccc1. The average Bonchev–Trinajstić information content (AvgIpc) is 3.10. The van der Waals surface area contributed by atoms with Gasteiger partial charge in [-0.3, -0.25) is 9.48 Å². The van der Waals surface area contributed by atoms with Crippen molar-refractivity contribution in [2.24, 2.45) is 0 Å². The molecule has 0 spiro atoms. The van der Waals surface area contributed by atoms with Crippen molar-refractivity contribution in [2.45, 2.75) is 19.6 Å². The van der Waals surface area contributed by atoms with Crippen molar-refractivity contribution in [2.75, 3.05) is 5.32 Å². The number of anilines is 1. The summed E-state index contributed by atoms with van der Waals surface area (Å²) in [5.74, 6) is 0.491. The molecule has 24 heavy (non-hydrogen) atoms. The predicted molar refractivity (Wildman–Crippen MR) is 92.8 cm³/mol. The van der Waals surface area contributed by atoms with E-state index in [9.17, 15) is 4.79 Å². The third-order valence-corrected chi connectivity index (χ3v) is 3.60. The van der Waals surface area contributed by atoms with Gasteiger partial charge in [-0.2, -0.15) is 5.10 Å². The summed E-state index contributed by atoms with van der Waals surface area (Å²) in [6.45, 7) is 2.15. The predicted octanol–water partition coefficient (Wildman–Crippen LogP) is 3.66. The molecule has 0 aliphatic rings. The number of amides is 1. The van der Waals surface area contributed by atoms with Gasteiger partial charge in [0.25, 0.3) is 0 Å². The lowest BCUT2D eigenvalue weighted by atomic mass is 10.1. The van der Waals surface area contributed by atoms with Crippen molar-refractivity contribution in [1.29, 1.82) is 0 Å². The van der Waals surface area contributed by atoms with Crippen molar-refractivity contribution in [1.82, 2.24) is 9.78 Å². The Hall–Kier alpha value is -3.08. The van der Waals surface area contributed by atoms with Gasteiger partial charge < -0.3 is 10.1 Å². The normalized spacial score (nSPS) is 11.7. The highest BCUT2D eigenvalue weighted by atomic mass is 16.5. The zero-order valence-corrected chi connectivity index (χ0v) is 13.4. The van der Waals surface area contributed by atoms with Crippen LogP contribution in [0.25, 0.3) is 0 Å². The molecule has 5 heteroatoms. The Morgan fingerprint density at radius 3 is 2.62 bits per heavy atom. The summed E-state index contributed by atoms with van der Waals surface area (Å²) in [5.41, 5.74) is 1.73. The fourth-order valence-corrected chi connectivity index (χ4v) is 2.39. The molecule has 122 valence electrons. The number of carbonyl (C=O) groups excluding carboxylic acids is 1.